The minimum atomic E-state index is -0.750. The van der Waals surface area contributed by atoms with Crippen molar-refractivity contribution in [3.63, 3.8) is 0 Å². The Bertz CT molecular complexity index is 1430. The summed E-state index contributed by atoms with van der Waals surface area (Å²) >= 11 is 2.09. The van der Waals surface area contributed by atoms with E-state index in [1.807, 2.05) is 19.1 Å². The lowest BCUT2D eigenvalue weighted by atomic mass is 9.83. The Morgan fingerprint density at radius 3 is 2.61 bits per heavy atom. The Labute approximate surface area is 214 Å². The van der Waals surface area contributed by atoms with Crippen molar-refractivity contribution in [3.8, 4) is 11.5 Å². The fourth-order valence-electron chi connectivity index (χ4n) is 4.51. The Morgan fingerprint density at radius 1 is 1.14 bits per heavy atom. The van der Waals surface area contributed by atoms with Crippen molar-refractivity contribution in [1.29, 1.82) is 0 Å². The first-order valence-electron chi connectivity index (χ1n) is 11.3. The van der Waals surface area contributed by atoms with E-state index in [4.69, 9.17) is 4.74 Å². The van der Waals surface area contributed by atoms with Crippen molar-refractivity contribution in [3.05, 3.63) is 68.1 Å². The van der Waals surface area contributed by atoms with Crippen LogP contribution in [0.15, 0.2) is 52.3 Å². The van der Waals surface area contributed by atoms with Crippen LogP contribution in [0.25, 0.3) is 0 Å². The number of benzene rings is 2. The molecule has 3 atom stereocenters. The topological polar surface area (TPSA) is 127 Å². The predicted molar refractivity (Wildman–Crippen MR) is 136 cm³/mol. The van der Waals surface area contributed by atoms with E-state index in [0.717, 1.165) is 28.7 Å². The molecule has 1 aromatic heterocycles. The van der Waals surface area contributed by atoms with E-state index >= 15 is 0 Å². The van der Waals surface area contributed by atoms with Crippen LogP contribution < -0.4 is 20.2 Å². The molecule has 0 spiro atoms. The van der Waals surface area contributed by atoms with E-state index in [-0.39, 0.29) is 28.8 Å². The van der Waals surface area contributed by atoms with Crippen LogP contribution in [0, 0.1) is 12.8 Å². The van der Waals surface area contributed by atoms with E-state index in [9.17, 15) is 24.3 Å². The lowest BCUT2D eigenvalue weighted by Gasteiger charge is -2.31. The lowest BCUT2D eigenvalue weighted by molar-refractivity contribution is -0.126. The molecule has 3 unspecified atom stereocenters. The summed E-state index contributed by atoms with van der Waals surface area (Å²) in [7, 11) is 0. The number of rotatable bonds is 6. The Morgan fingerprint density at radius 2 is 1.89 bits per heavy atom. The average Bonchev–Trinajstić information content (AvgIpc) is 3.30. The second-order valence-corrected chi connectivity index (χ2v) is 10.7. The highest BCUT2D eigenvalue weighted by atomic mass is 32.2. The van der Waals surface area contributed by atoms with Crippen LogP contribution in [0.4, 0.5) is 5.69 Å². The number of carbonyl (C=O) groups is 3. The van der Waals surface area contributed by atoms with Crippen molar-refractivity contribution in [2.75, 3.05) is 11.9 Å². The van der Waals surface area contributed by atoms with Gasteiger partial charge in [-0.15, -0.1) is 0 Å². The van der Waals surface area contributed by atoms with Gasteiger partial charge < -0.3 is 15.2 Å². The molecule has 0 radical (unpaired) electrons. The quantitative estimate of drug-likeness (QED) is 0.423. The number of thioether (sulfide) groups is 1. The van der Waals surface area contributed by atoms with Gasteiger partial charge >= 0.3 is 4.87 Å². The number of aryl methyl sites for hydroxylation is 1. The van der Waals surface area contributed by atoms with Crippen molar-refractivity contribution in [2.24, 2.45) is 5.92 Å². The summed E-state index contributed by atoms with van der Waals surface area (Å²) in [4.78, 5) is 51.6. The van der Waals surface area contributed by atoms with E-state index < -0.39 is 28.9 Å². The number of ether oxygens (including phenoxy) is 1. The summed E-state index contributed by atoms with van der Waals surface area (Å²) in [5.74, 6) is -2.37. The van der Waals surface area contributed by atoms with Crippen LogP contribution in [0.1, 0.15) is 28.8 Å². The third kappa shape index (κ3) is 4.28. The van der Waals surface area contributed by atoms with Gasteiger partial charge in [-0.2, -0.15) is 0 Å². The monoisotopic (exact) mass is 525 g/mol. The molecular formula is C25H23N3O6S2. The molecule has 0 bridgehead atoms. The number of fused-ring (bicyclic) bond motifs is 2. The molecule has 0 aliphatic carbocycles. The van der Waals surface area contributed by atoms with Gasteiger partial charge in [-0.05, 0) is 43.7 Å². The van der Waals surface area contributed by atoms with Crippen molar-refractivity contribution >= 4 is 46.5 Å². The molecular weight excluding hydrogens is 502 g/mol. The van der Waals surface area contributed by atoms with Gasteiger partial charge in [-0.3, -0.25) is 29.1 Å². The highest BCUT2D eigenvalue weighted by molar-refractivity contribution is 8.00. The Kier molecular flexibility index (Phi) is 6.35. The molecule has 3 N–H and O–H groups in total. The fraction of sp³-hybridized carbons (Fsp3) is 0.280. The number of amides is 3. The van der Waals surface area contributed by atoms with Gasteiger partial charge in [0.2, 0.25) is 17.7 Å². The first kappa shape index (κ1) is 24.1. The molecule has 5 rings (SSSR count). The number of anilines is 1. The molecule has 0 saturated carbocycles. The summed E-state index contributed by atoms with van der Waals surface area (Å²) in [5.41, 5.74) is 2.30. The molecule has 3 aromatic rings. The summed E-state index contributed by atoms with van der Waals surface area (Å²) < 4.78 is 6.88. The molecule has 2 aromatic carbocycles. The second kappa shape index (κ2) is 9.47. The Balaban J connectivity index is 1.54. The van der Waals surface area contributed by atoms with E-state index in [1.165, 1.54) is 10.6 Å². The fourth-order valence-corrected chi connectivity index (χ4v) is 7.25. The third-order valence-electron chi connectivity index (χ3n) is 6.17. The zero-order chi connectivity index (χ0) is 25.6. The van der Waals surface area contributed by atoms with Gasteiger partial charge in [-0.25, -0.2) is 0 Å². The highest BCUT2D eigenvalue weighted by Crippen LogP contribution is 2.52. The Hall–Kier alpha value is -3.57. The molecule has 9 nitrogen and oxygen atoms in total. The van der Waals surface area contributed by atoms with Gasteiger partial charge in [0.05, 0.1) is 17.6 Å². The number of nitrogens with zero attached hydrogens (tertiary/aromatic N) is 1. The molecule has 186 valence electrons. The van der Waals surface area contributed by atoms with E-state index in [0.29, 0.717) is 27.8 Å². The number of aromatic hydroxyl groups is 1. The van der Waals surface area contributed by atoms with E-state index in [2.05, 4.69) is 10.6 Å². The van der Waals surface area contributed by atoms with Gasteiger partial charge in [0.25, 0.3) is 0 Å². The summed E-state index contributed by atoms with van der Waals surface area (Å²) in [5, 5.41) is 15.1. The van der Waals surface area contributed by atoms with Crippen molar-refractivity contribution in [2.45, 2.75) is 36.6 Å². The summed E-state index contributed by atoms with van der Waals surface area (Å²) in [6.07, 6.45) is 0. The molecule has 1 fully saturated rings. The summed E-state index contributed by atoms with van der Waals surface area (Å²) in [6, 6.07) is 12.1. The minimum absolute atomic E-state index is 0.0481. The third-order valence-corrected chi connectivity index (χ3v) is 8.78. The zero-order valence-corrected chi connectivity index (χ0v) is 21.1. The number of thiazole rings is 1. The number of phenolic OH excluding ortho intramolecular Hbond substituents is 1. The van der Waals surface area contributed by atoms with Crippen molar-refractivity contribution in [1.82, 2.24) is 9.88 Å². The number of aromatic nitrogens is 1. The van der Waals surface area contributed by atoms with Crippen LogP contribution in [-0.2, 0) is 20.9 Å². The molecule has 1 saturated heterocycles. The van der Waals surface area contributed by atoms with Crippen LogP contribution in [-0.4, -0.2) is 39.3 Å². The maximum Gasteiger partial charge on any atom is 0.308 e. The zero-order valence-electron chi connectivity index (χ0n) is 19.4. The standard InChI is InChI=1S/C25H23N3O6S2/c1-3-34-16-10-13(6-9-15(16)29)18-19-20(23(32)27-22(19)31)35-24-21(18)36-25(33)28(24)11-17(30)26-14-7-4-12(2)5-8-14/h4-10,18-20,29H,3,11H2,1-2H3,(H,26,30)(H,27,31,32). The van der Waals surface area contributed by atoms with Crippen LogP contribution in [0.2, 0.25) is 0 Å². The lowest BCUT2D eigenvalue weighted by Crippen LogP contribution is -2.32. The highest BCUT2D eigenvalue weighted by Gasteiger charge is 2.53. The predicted octanol–water partition coefficient (Wildman–Crippen LogP) is 2.84. The normalized spacial score (nSPS) is 20.4. The molecule has 3 heterocycles. The first-order chi connectivity index (χ1) is 17.3. The maximum absolute atomic E-state index is 13.1. The number of nitrogens with one attached hydrogen (secondary N) is 2. The van der Waals surface area contributed by atoms with Crippen LogP contribution in [0.3, 0.4) is 0 Å². The summed E-state index contributed by atoms with van der Waals surface area (Å²) in [6.45, 7) is 3.83. The molecule has 2 aliphatic rings. The van der Waals surface area contributed by atoms with Crippen LogP contribution in [0.5, 0.6) is 11.5 Å². The molecule has 2 aliphatic heterocycles. The smallest absolute Gasteiger partial charge is 0.308 e. The first-order valence-corrected chi connectivity index (χ1v) is 13.0. The van der Waals surface area contributed by atoms with Crippen molar-refractivity contribution < 1.29 is 24.2 Å². The molecule has 11 heteroatoms. The van der Waals surface area contributed by atoms with Gasteiger partial charge in [0.15, 0.2) is 11.5 Å². The number of hydrogen-bond donors (Lipinski definition) is 3. The molecule has 36 heavy (non-hydrogen) atoms. The average molecular weight is 526 g/mol. The largest absolute Gasteiger partial charge is 0.504 e. The number of carbonyl (C=O) groups excluding carboxylic acids is 3. The maximum atomic E-state index is 13.1. The minimum Gasteiger partial charge on any atom is -0.504 e. The SMILES string of the molecule is CCOc1cc(C2c3sc(=O)n(CC(=O)Nc4ccc(C)cc4)c3SC3C(=O)NC(=O)C32)ccc1O. The number of phenols is 1. The van der Waals surface area contributed by atoms with Gasteiger partial charge in [0.1, 0.15) is 11.8 Å². The second-order valence-electron chi connectivity index (χ2n) is 8.59. The van der Waals surface area contributed by atoms with E-state index in [1.54, 1.807) is 31.2 Å². The number of hydrogen-bond acceptors (Lipinski definition) is 8. The van der Waals surface area contributed by atoms with Crippen LogP contribution >= 0.6 is 23.1 Å². The van der Waals surface area contributed by atoms with Gasteiger partial charge in [-0.1, -0.05) is 46.9 Å². The molecule has 3 amide bonds. The number of imide groups is 1. The van der Waals surface area contributed by atoms with Gasteiger partial charge in [0, 0.05) is 16.5 Å².